The van der Waals surface area contributed by atoms with Gasteiger partial charge in [0, 0.05) is 48.2 Å². The number of rotatable bonds is 1. The van der Waals surface area contributed by atoms with Crippen LogP contribution >= 0.6 is 0 Å². The fourth-order valence-corrected chi connectivity index (χ4v) is 4.85. The molecule has 3 aromatic heterocycles. The first-order chi connectivity index (χ1) is 18.1. The Kier molecular flexibility index (Phi) is 3.36. The molecule has 0 saturated carbocycles. The summed E-state index contributed by atoms with van der Waals surface area (Å²) in [6.45, 7) is -2.27. The molecule has 0 spiro atoms. The molecule has 0 saturated heterocycles. The van der Waals surface area contributed by atoms with Crippen LogP contribution in [0.15, 0.2) is 87.8 Å². The Labute approximate surface area is 200 Å². The number of furan rings is 2. The van der Waals surface area contributed by atoms with E-state index in [4.69, 9.17) is 12.9 Å². The van der Waals surface area contributed by atoms with E-state index in [0.29, 0.717) is 44.2 Å². The van der Waals surface area contributed by atoms with Crippen molar-refractivity contribution in [1.29, 1.82) is 0 Å². The summed E-state index contributed by atoms with van der Waals surface area (Å²) in [6.07, 6.45) is -3.00. The van der Waals surface area contributed by atoms with Gasteiger partial charge in [0.05, 0.1) is 11.3 Å². The van der Waals surface area contributed by atoms with Crippen molar-refractivity contribution in [2.24, 2.45) is 0 Å². The Hall–Kier alpha value is -4.32. The van der Waals surface area contributed by atoms with Crippen LogP contribution in [0.25, 0.3) is 65.9 Å². The van der Waals surface area contributed by atoms with Crippen LogP contribution in [-0.4, -0.2) is 4.98 Å². The van der Waals surface area contributed by atoms with E-state index in [9.17, 15) is 13.2 Å². The van der Waals surface area contributed by atoms with Crippen LogP contribution in [0, 0.1) is 6.85 Å². The highest BCUT2D eigenvalue weighted by molar-refractivity contribution is 6.23. The van der Waals surface area contributed by atoms with Crippen molar-refractivity contribution in [3.63, 3.8) is 0 Å². The number of aromatic nitrogens is 1. The normalized spacial score (nSPS) is 14.2. The number of nitrogens with zero attached hydrogens (tertiary/aromatic N) is 1. The van der Waals surface area contributed by atoms with Gasteiger partial charge in [-0.05, 0) is 73.1 Å². The molecule has 0 bridgehead atoms. The van der Waals surface area contributed by atoms with Gasteiger partial charge in [0.25, 0.3) is 0 Å². The Bertz CT molecular complexity index is 2070. The van der Waals surface area contributed by atoms with E-state index in [1.807, 2.05) is 42.5 Å². The minimum absolute atomic E-state index is 0.162. The second kappa shape index (κ2) is 6.85. The van der Waals surface area contributed by atoms with Crippen molar-refractivity contribution in [3.8, 4) is 11.3 Å². The summed E-state index contributed by atoms with van der Waals surface area (Å²) in [5, 5.41) is 4.45. The van der Waals surface area contributed by atoms with E-state index in [1.165, 1.54) is 18.3 Å². The molecule has 0 aliphatic carbocycles. The van der Waals surface area contributed by atoms with E-state index in [2.05, 4.69) is 4.98 Å². The molecule has 7 aromatic rings. The van der Waals surface area contributed by atoms with Gasteiger partial charge in [0.2, 0.25) is 0 Å². The largest absolute Gasteiger partial charge is 0.455 e. The zero-order valence-electron chi connectivity index (χ0n) is 20.9. The van der Waals surface area contributed by atoms with E-state index >= 15 is 0 Å². The highest BCUT2D eigenvalue weighted by Crippen LogP contribution is 2.42. The van der Waals surface area contributed by atoms with Crippen LogP contribution in [0.1, 0.15) is 15.2 Å². The molecule has 3 heterocycles. The van der Waals surface area contributed by atoms with Gasteiger partial charge in [-0.2, -0.15) is 13.2 Å². The van der Waals surface area contributed by atoms with Crippen molar-refractivity contribution in [2.75, 3.05) is 0 Å². The molecule has 0 radical (unpaired) electrons. The standard InChI is InChI=1S/C29H16F3NO2/c1-15-11-12-33-24(13-15)23-4-2-3-18-20-9-10-21-22(27(20)35-28(18)23)8-7-19-17-6-5-16(29(30,31)32)14-25(17)34-26(19)21/h2-14H,1H3/i1D3. The maximum atomic E-state index is 13.2. The molecule has 3 nitrogen and oxygen atoms in total. The van der Waals surface area contributed by atoms with Crippen LogP contribution in [0.4, 0.5) is 13.2 Å². The van der Waals surface area contributed by atoms with Gasteiger partial charge < -0.3 is 8.83 Å². The monoisotopic (exact) mass is 470 g/mol. The average Bonchev–Trinajstić information content (AvgIpc) is 3.46. The highest BCUT2D eigenvalue weighted by atomic mass is 19.4. The summed E-state index contributed by atoms with van der Waals surface area (Å²) < 4.78 is 75.3. The molecule has 0 fully saturated rings. The Morgan fingerprint density at radius 2 is 1.37 bits per heavy atom. The van der Waals surface area contributed by atoms with Crippen LogP contribution in [0.5, 0.6) is 0 Å². The van der Waals surface area contributed by atoms with E-state index in [0.717, 1.165) is 28.3 Å². The predicted molar refractivity (Wildman–Crippen MR) is 131 cm³/mol. The summed E-state index contributed by atoms with van der Waals surface area (Å²) in [7, 11) is 0. The third-order valence-corrected chi connectivity index (χ3v) is 6.46. The average molecular weight is 470 g/mol. The second-order valence-corrected chi connectivity index (χ2v) is 8.50. The van der Waals surface area contributed by atoms with Gasteiger partial charge in [-0.25, -0.2) is 0 Å². The molecule has 35 heavy (non-hydrogen) atoms. The number of halogens is 3. The first-order valence-corrected chi connectivity index (χ1v) is 10.9. The minimum Gasteiger partial charge on any atom is -0.455 e. The van der Waals surface area contributed by atoms with E-state index in [1.54, 1.807) is 6.07 Å². The quantitative estimate of drug-likeness (QED) is 0.240. The lowest BCUT2D eigenvalue weighted by molar-refractivity contribution is -0.137. The van der Waals surface area contributed by atoms with Gasteiger partial charge >= 0.3 is 6.18 Å². The maximum absolute atomic E-state index is 13.2. The molecule has 0 amide bonds. The van der Waals surface area contributed by atoms with E-state index in [-0.39, 0.29) is 11.1 Å². The molecule has 0 aliphatic heterocycles. The summed E-state index contributed by atoms with van der Waals surface area (Å²) >= 11 is 0. The number of aryl methyl sites for hydroxylation is 1. The van der Waals surface area contributed by atoms with Gasteiger partial charge in [0.15, 0.2) is 0 Å². The predicted octanol–water partition coefficient (Wildman–Crippen LogP) is 9.03. The maximum Gasteiger partial charge on any atom is 0.416 e. The number of hydrogen-bond acceptors (Lipinski definition) is 3. The molecule has 0 aliphatic rings. The highest BCUT2D eigenvalue weighted by Gasteiger charge is 2.31. The zero-order chi connectivity index (χ0) is 26.4. The Balaban J connectivity index is 1.48. The fraction of sp³-hybridized carbons (Fsp3) is 0.0690. The van der Waals surface area contributed by atoms with Gasteiger partial charge in [0.1, 0.15) is 22.3 Å². The topological polar surface area (TPSA) is 39.2 Å². The molecule has 0 N–H and O–H groups in total. The van der Waals surface area contributed by atoms with Crippen LogP contribution in [0.2, 0.25) is 0 Å². The van der Waals surface area contributed by atoms with Crippen molar-refractivity contribution >= 4 is 54.6 Å². The summed E-state index contributed by atoms with van der Waals surface area (Å²) in [5.41, 5.74) is 2.34. The third kappa shape index (κ3) is 2.89. The molecule has 0 unspecified atom stereocenters. The molecule has 7 rings (SSSR count). The van der Waals surface area contributed by atoms with Gasteiger partial charge in [-0.15, -0.1) is 0 Å². The molecule has 0 atom stereocenters. The number of para-hydroxylation sites is 1. The third-order valence-electron chi connectivity index (χ3n) is 6.46. The molecule has 4 aromatic carbocycles. The van der Waals surface area contributed by atoms with Crippen LogP contribution < -0.4 is 0 Å². The van der Waals surface area contributed by atoms with Gasteiger partial charge in [-0.1, -0.05) is 12.1 Å². The van der Waals surface area contributed by atoms with Crippen molar-refractivity contribution in [2.45, 2.75) is 13.0 Å². The number of alkyl halides is 3. The number of hydrogen-bond donors (Lipinski definition) is 0. The fourth-order valence-electron chi connectivity index (χ4n) is 4.85. The molecule has 170 valence electrons. The molecular weight excluding hydrogens is 451 g/mol. The first kappa shape index (κ1) is 17.2. The SMILES string of the molecule is [2H]C([2H])([2H])c1ccnc(-c2cccc3c2oc2c3ccc3c2ccc2c4ccc(C(F)(F)F)cc4oc23)c1. The summed E-state index contributed by atoms with van der Waals surface area (Å²) in [4.78, 5) is 4.39. The first-order valence-electron chi connectivity index (χ1n) is 12.4. The van der Waals surface area contributed by atoms with Crippen molar-refractivity contribution in [3.05, 3.63) is 90.1 Å². The van der Waals surface area contributed by atoms with E-state index < -0.39 is 18.6 Å². The lowest BCUT2D eigenvalue weighted by atomic mass is 10.0. The van der Waals surface area contributed by atoms with Crippen LogP contribution in [-0.2, 0) is 6.18 Å². The van der Waals surface area contributed by atoms with Gasteiger partial charge in [-0.3, -0.25) is 4.98 Å². The van der Waals surface area contributed by atoms with Crippen molar-refractivity contribution < 1.29 is 26.1 Å². The molecule has 6 heteroatoms. The number of pyridine rings is 1. The zero-order valence-corrected chi connectivity index (χ0v) is 17.9. The number of fused-ring (bicyclic) bond motifs is 9. The smallest absolute Gasteiger partial charge is 0.416 e. The Morgan fingerprint density at radius 1 is 0.714 bits per heavy atom. The second-order valence-electron chi connectivity index (χ2n) is 8.50. The Morgan fingerprint density at radius 3 is 2.09 bits per heavy atom. The lowest BCUT2D eigenvalue weighted by Crippen LogP contribution is -2.03. The number of benzene rings is 4. The summed E-state index contributed by atoms with van der Waals surface area (Å²) in [6, 6.07) is 19.6. The lowest BCUT2D eigenvalue weighted by Gasteiger charge is -2.05. The summed E-state index contributed by atoms with van der Waals surface area (Å²) in [5.74, 6) is 0. The minimum atomic E-state index is -4.47. The van der Waals surface area contributed by atoms with Crippen molar-refractivity contribution in [1.82, 2.24) is 4.98 Å². The molecular formula is C29H16F3NO2. The van der Waals surface area contributed by atoms with Crippen LogP contribution in [0.3, 0.4) is 0 Å².